The van der Waals surface area contributed by atoms with Crippen LogP contribution in [0.1, 0.15) is 11.1 Å². The van der Waals surface area contributed by atoms with Gasteiger partial charge >= 0.3 is 0 Å². The second-order valence-corrected chi connectivity index (χ2v) is 9.29. The molecule has 0 bridgehead atoms. The number of ether oxygens (including phenoxy) is 3. The van der Waals surface area contributed by atoms with Crippen molar-refractivity contribution >= 4 is 15.7 Å². The van der Waals surface area contributed by atoms with Crippen molar-refractivity contribution in [1.29, 1.82) is 0 Å². The van der Waals surface area contributed by atoms with Gasteiger partial charge < -0.3 is 14.2 Å². The Kier molecular flexibility index (Phi) is 6.66. The highest BCUT2D eigenvalue weighted by Crippen LogP contribution is 2.31. The molecule has 2 heterocycles. The van der Waals surface area contributed by atoms with Gasteiger partial charge in [0.2, 0.25) is 15.9 Å². The van der Waals surface area contributed by atoms with E-state index in [1.165, 1.54) is 0 Å². The molecule has 0 aliphatic carbocycles. The van der Waals surface area contributed by atoms with Crippen molar-refractivity contribution in [1.82, 2.24) is 24.5 Å². The highest BCUT2D eigenvalue weighted by atomic mass is 32.2. The molecule has 1 N–H and O–H groups in total. The number of aromatic nitrogens is 4. The van der Waals surface area contributed by atoms with Crippen molar-refractivity contribution in [3.8, 4) is 28.8 Å². The van der Waals surface area contributed by atoms with Crippen molar-refractivity contribution < 1.29 is 22.6 Å². The number of hydrogen-bond acceptors (Lipinski definition) is 8. The van der Waals surface area contributed by atoms with Gasteiger partial charge in [-0.1, -0.05) is 12.1 Å². The fourth-order valence-corrected chi connectivity index (χ4v) is 4.75. The Balaban J connectivity index is 1.47. The van der Waals surface area contributed by atoms with Crippen molar-refractivity contribution in [2.75, 3.05) is 27.4 Å². The predicted octanol–water partition coefficient (Wildman–Crippen LogP) is 2.78. The molecule has 4 aromatic rings. The molecule has 0 saturated carbocycles. The number of hydrogen-bond donors (Lipinski definition) is 1. The summed E-state index contributed by atoms with van der Waals surface area (Å²) in [5, 5.41) is 12.8. The van der Waals surface area contributed by atoms with E-state index in [9.17, 15) is 8.42 Å². The smallest absolute Gasteiger partial charge is 0.240 e. The minimum atomic E-state index is -3.65. The first-order valence-electron chi connectivity index (χ1n) is 10.5. The van der Waals surface area contributed by atoms with Gasteiger partial charge in [0.1, 0.15) is 6.61 Å². The number of sulfonamides is 1. The van der Waals surface area contributed by atoms with E-state index in [4.69, 9.17) is 14.2 Å². The molecular weight excluding hydrogens is 458 g/mol. The summed E-state index contributed by atoms with van der Waals surface area (Å²) in [6.07, 6.45) is 0. The van der Waals surface area contributed by atoms with E-state index in [2.05, 4.69) is 20.0 Å². The van der Waals surface area contributed by atoms with Gasteiger partial charge in [-0.2, -0.15) is 4.52 Å². The third-order valence-corrected chi connectivity index (χ3v) is 6.76. The maximum atomic E-state index is 12.6. The molecule has 0 unspecified atom stereocenters. The zero-order chi connectivity index (χ0) is 24.3. The van der Waals surface area contributed by atoms with Gasteiger partial charge in [-0.15, -0.1) is 15.3 Å². The quantitative estimate of drug-likeness (QED) is 0.361. The fraction of sp³-hybridized carbons (Fsp3) is 0.261. The molecule has 178 valence electrons. The fourth-order valence-electron chi connectivity index (χ4n) is 3.41. The minimum Gasteiger partial charge on any atom is -0.493 e. The molecule has 2 aromatic heterocycles. The maximum Gasteiger partial charge on any atom is 0.240 e. The van der Waals surface area contributed by atoms with Gasteiger partial charge in [0.15, 0.2) is 23.0 Å². The van der Waals surface area contributed by atoms with E-state index in [1.54, 1.807) is 62.1 Å². The van der Waals surface area contributed by atoms with E-state index in [1.807, 2.05) is 19.1 Å². The standard InChI is InChI=1S/C23H25N5O5S/c1-15-5-6-16(2)20(13-15)34(29,30)24-11-12-33-22-10-9-21-25-26-23(28(21)27-22)17-7-8-18(31-3)19(14-17)32-4/h5-10,13-14,24H,11-12H2,1-4H3. The number of nitrogens with zero attached hydrogens (tertiary/aromatic N) is 4. The lowest BCUT2D eigenvalue weighted by atomic mass is 10.2. The van der Waals surface area contributed by atoms with Crippen LogP contribution in [0.4, 0.5) is 0 Å². The molecule has 0 amide bonds. The maximum absolute atomic E-state index is 12.6. The second-order valence-electron chi connectivity index (χ2n) is 7.55. The monoisotopic (exact) mass is 483 g/mol. The molecule has 0 fully saturated rings. The molecule has 0 spiro atoms. The zero-order valence-corrected chi connectivity index (χ0v) is 20.1. The highest BCUT2D eigenvalue weighted by Gasteiger charge is 2.17. The third kappa shape index (κ3) is 4.80. The average molecular weight is 484 g/mol. The number of nitrogens with one attached hydrogen (secondary N) is 1. The number of methoxy groups -OCH3 is 2. The van der Waals surface area contributed by atoms with Crippen molar-refractivity contribution in [2.45, 2.75) is 18.7 Å². The molecule has 0 aliphatic heterocycles. The van der Waals surface area contributed by atoms with Gasteiger partial charge in [0.25, 0.3) is 0 Å². The molecule has 34 heavy (non-hydrogen) atoms. The van der Waals surface area contributed by atoms with Crippen LogP contribution in [0.15, 0.2) is 53.4 Å². The van der Waals surface area contributed by atoms with Crippen molar-refractivity contribution in [3.05, 3.63) is 59.7 Å². The van der Waals surface area contributed by atoms with Crippen LogP contribution in [0.5, 0.6) is 17.4 Å². The Morgan fingerprint density at radius 2 is 1.74 bits per heavy atom. The van der Waals surface area contributed by atoms with E-state index < -0.39 is 10.0 Å². The van der Waals surface area contributed by atoms with Crippen LogP contribution in [0.2, 0.25) is 0 Å². The summed E-state index contributed by atoms with van der Waals surface area (Å²) in [6.45, 7) is 3.79. The van der Waals surface area contributed by atoms with Crippen LogP contribution in [0.3, 0.4) is 0 Å². The van der Waals surface area contributed by atoms with Gasteiger partial charge in [0.05, 0.1) is 19.1 Å². The number of benzene rings is 2. The first-order valence-corrected chi connectivity index (χ1v) is 12.0. The van der Waals surface area contributed by atoms with Gasteiger partial charge in [-0.25, -0.2) is 13.1 Å². The highest BCUT2D eigenvalue weighted by molar-refractivity contribution is 7.89. The lowest BCUT2D eigenvalue weighted by Crippen LogP contribution is -2.29. The Morgan fingerprint density at radius 1 is 0.941 bits per heavy atom. The molecule has 2 aromatic carbocycles. The summed E-state index contributed by atoms with van der Waals surface area (Å²) in [4.78, 5) is 0.260. The van der Waals surface area contributed by atoms with Gasteiger partial charge in [0, 0.05) is 18.2 Å². The molecule has 0 aliphatic rings. The van der Waals surface area contributed by atoms with Gasteiger partial charge in [-0.05, 0) is 55.3 Å². The Labute approximate surface area is 197 Å². The summed E-state index contributed by atoms with van der Waals surface area (Å²) in [7, 11) is -0.522. The summed E-state index contributed by atoms with van der Waals surface area (Å²) in [5.41, 5.74) is 2.82. The second kappa shape index (κ2) is 9.65. The Bertz CT molecular complexity index is 1440. The molecule has 10 nitrogen and oxygen atoms in total. The SMILES string of the molecule is COc1ccc(-c2nnc3ccc(OCCNS(=O)(=O)c4cc(C)ccc4C)nn23)cc1OC. The molecule has 4 rings (SSSR count). The Morgan fingerprint density at radius 3 is 2.50 bits per heavy atom. The van der Waals surface area contributed by atoms with Crippen molar-refractivity contribution in [3.63, 3.8) is 0 Å². The minimum absolute atomic E-state index is 0.0835. The molecular formula is C23H25N5O5S. The van der Waals surface area contributed by atoms with E-state index >= 15 is 0 Å². The summed E-state index contributed by atoms with van der Waals surface area (Å²) >= 11 is 0. The Hall–Kier alpha value is -3.70. The molecule has 0 radical (unpaired) electrons. The summed E-state index contributed by atoms with van der Waals surface area (Å²) < 4.78 is 45.7. The summed E-state index contributed by atoms with van der Waals surface area (Å²) in [5.74, 6) is 1.96. The van der Waals surface area contributed by atoms with E-state index in [-0.39, 0.29) is 18.0 Å². The molecule has 11 heteroatoms. The first-order chi connectivity index (χ1) is 16.3. The van der Waals surface area contributed by atoms with Crippen LogP contribution >= 0.6 is 0 Å². The molecule has 0 atom stereocenters. The largest absolute Gasteiger partial charge is 0.493 e. The number of fused-ring (bicyclic) bond motifs is 1. The van der Waals surface area contributed by atoms with E-state index in [0.717, 1.165) is 11.1 Å². The third-order valence-electron chi connectivity index (χ3n) is 5.16. The predicted molar refractivity (Wildman–Crippen MR) is 126 cm³/mol. The number of aryl methyl sites for hydroxylation is 2. The average Bonchev–Trinajstić information content (AvgIpc) is 3.26. The van der Waals surface area contributed by atoms with Crippen LogP contribution in [-0.2, 0) is 10.0 Å². The normalized spacial score (nSPS) is 11.5. The van der Waals surface area contributed by atoms with Crippen LogP contribution in [0, 0.1) is 13.8 Å². The first kappa shape index (κ1) is 23.5. The van der Waals surface area contributed by atoms with Gasteiger partial charge in [-0.3, -0.25) is 0 Å². The summed E-state index contributed by atoms with van der Waals surface area (Å²) in [6, 6.07) is 14.1. The van der Waals surface area contributed by atoms with E-state index in [0.29, 0.717) is 34.4 Å². The van der Waals surface area contributed by atoms with Crippen LogP contribution in [-0.4, -0.2) is 55.6 Å². The van der Waals surface area contributed by atoms with Crippen LogP contribution in [0.25, 0.3) is 17.0 Å². The zero-order valence-electron chi connectivity index (χ0n) is 19.3. The number of rotatable bonds is 9. The topological polar surface area (TPSA) is 117 Å². The lowest BCUT2D eigenvalue weighted by molar-refractivity contribution is 0.306. The lowest BCUT2D eigenvalue weighted by Gasteiger charge is -2.11. The molecule has 0 saturated heterocycles. The van der Waals surface area contributed by atoms with Crippen LogP contribution < -0.4 is 18.9 Å². The van der Waals surface area contributed by atoms with Crippen molar-refractivity contribution in [2.24, 2.45) is 0 Å².